The molecule has 1 atom stereocenters. The van der Waals surface area contributed by atoms with E-state index in [0.29, 0.717) is 16.9 Å². The first-order valence-corrected chi connectivity index (χ1v) is 12.2. The highest BCUT2D eigenvalue weighted by Gasteiger charge is 2.22. The van der Waals surface area contributed by atoms with Crippen LogP contribution in [0.1, 0.15) is 32.7 Å². The third kappa shape index (κ3) is 8.04. The molecule has 0 spiro atoms. The smallest absolute Gasteiger partial charge is 0.326 e. The lowest BCUT2D eigenvalue weighted by molar-refractivity contribution is -0.139. The molecule has 3 rings (SSSR count). The maximum absolute atomic E-state index is 12.7. The van der Waals surface area contributed by atoms with Gasteiger partial charge in [0.15, 0.2) is 0 Å². The van der Waals surface area contributed by atoms with Crippen LogP contribution in [0.3, 0.4) is 0 Å². The third-order valence-corrected chi connectivity index (χ3v) is 6.02. The Morgan fingerprint density at radius 3 is 2.16 bits per heavy atom. The Morgan fingerprint density at radius 1 is 0.868 bits per heavy atom. The molecule has 3 aromatic rings. The normalized spacial score (nSPS) is 11.3. The molecule has 0 saturated heterocycles. The third-order valence-electron chi connectivity index (χ3n) is 5.39. The van der Waals surface area contributed by atoms with Gasteiger partial charge in [0.05, 0.1) is 28.6 Å². The summed E-state index contributed by atoms with van der Waals surface area (Å²) in [6, 6.07) is 16.2. The lowest BCUT2D eigenvalue weighted by atomic mass is 10.0. The number of ether oxygens (including phenoxy) is 1. The van der Waals surface area contributed by atoms with Crippen molar-refractivity contribution in [2.75, 3.05) is 24.4 Å². The largest absolute Gasteiger partial charge is 0.480 e. The molecule has 4 N–H and O–H groups in total. The fraction of sp³-hybridized carbons (Fsp3) is 0.185. The number of carboxylic acid groups (broad SMARTS) is 1. The number of carbonyl (C=O) groups excluding carboxylic acids is 3. The van der Waals surface area contributed by atoms with E-state index in [-0.39, 0.29) is 46.5 Å². The Hall–Kier alpha value is -3.92. The van der Waals surface area contributed by atoms with Crippen LogP contribution in [-0.4, -0.2) is 48.6 Å². The van der Waals surface area contributed by atoms with Crippen LogP contribution in [0.5, 0.6) is 0 Å². The molecule has 0 radical (unpaired) electrons. The molecule has 0 aromatic heterocycles. The number of carboxylic acids is 1. The minimum absolute atomic E-state index is 0.000907. The van der Waals surface area contributed by atoms with E-state index < -0.39 is 23.8 Å². The van der Waals surface area contributed by atoms with Crippen molar-refractivity contribution in [3.63, 3.8) is 0 Å². The summed E-state index contributed by atoms with van der Waals surface area (Å²) in [7, 11) is 1.49. The van der Waals surface area contributed by atoms with Gasteiger partial charge in [-0.05, 0) is 48.0 Å². The number of anilines is 2. The molecule has 3 aromatic carbocycles. The molecule has 0 fully saturated rings. The molecule has 198 valence electrons. The van der Waals surface area contributed by atoms with E-state index in [1.54, 1.807) is 54.6 Å². The van der Waals surface area contributed by atoms with E-state index in [1.807, 2.05) is 0 Å². The fourth-order valence-corrected chi connectivity index (χ4v) is 4.04. The summed E-state index contributed by atoms with van der Waals surface area (Å²) < 4.78 is 4.87. The van der Waals surface area contributed by atoms with Crippen LogP contribution in [0.15, 0.2) is 66.7 Å². The maximum atomic E-state index is 12.7. The second-order valence-corrected chi connectivity index (χ2v) is 9.00. The molecular weight excluding hydrogens is 533 g/mol. The van der Waals surface area contributed by atoms with Crippen molar-refractivity contribution in [2.45, 2.75) is 18.9 Å². The SMILES string of the molecule is COCCC(=O)Nc1cccc(C(=O)N[C@@H](Cc2ccc(NC(=O)c3c(Cl)cccc3Cl)cc2)C(=O)O)c1. The molecule has 0 bridgehead atoms. The van der Waals surface area contributed by atoms with Gasteiger partial charge in [0.1, 0.15) is 6.04 Å². The summed E-state index contributed by atoms with van der Waals surface area (Å²) in [5.41, 5.74) is 1.81. The minimum Gasteiger partial charge on any atom is -0.480 e. The molecule has 0 aliphatic carbocycles. The van der Waals surface area contributed by atoms with Crippen molar-refractivity contribution in [3.05, 3.63) is 93.5 Å². The number of rotatable bonds is 11. The zero-order valence-electron chi connectivity index (χ0n) is 20.3. The Bertz CT molecular complexity index is 1310. The Morgan fingerprint density at radius 2 is 1.53 bits per heavy atom. The van der Waals surface area contributed by atoms with Crippen LogP contribution in [0.4, 0.5) is 11.4 Å². The Balaban J connectivity index is 1.63. The van der Waals surface area contributed by atoms with Gasteiger partial charge in [-0.15, -0.1) is 0 Å². The van der Waals surface area contributed by atoms with Crippen molar-refractivity contribution in [2.24, 2.45) is 0 Å². The first-order chi connectivity index (χ1) is 18.2. The quantitative estimate of drug-likeness (QED) is 0.271. The lowest BCUT2D eigenvalue weighted by Crippen LogP contribution is -2.42. The highest BCUT2D eigenvalue weighted by atomic mass is 35.5. The molecule has 38 heavy (non-hydrogen) atoms. The number of amides is 3. The highest BCUT2D eigenvalue weighted by molar-refractivity contribution is 6.40. The van der Waals surface area contributed by atoms with Crippen LogP contribution in [0.25, 0.3) is 0 Å². The summed E-state index contributed by atoms with van der Waals surface area (Å²) in [5, 5.41) is 18.0. The van der Waals surface area contributed by atoms with Crippen LogP contribution >= 0.6 is 23.2 Å². The summed E-state index contributed by atoms with van der Waals surface area (Å²) >= 11 is 12.2. The van der Waals surface area contributed by atoms with Gasteiger partial charge in [-0.2, -0.15) is 0 Å². The minimum atomic E-state index is -1.22. The van der Waals surface area contributed by atoms with Crippen LogP contribution < -0.4 is 16.0 Å². The van der Waals surface area contributed by atoms with Gasteiger partial charge in [-0.3, -0.25) is 14.4 Å². The molecule has 0 unspecified atom stereocenters. The zero-order valence-corrected chi connectivity index (χ0v) is 21.8. The van der Waals surface area contributed by atoms with Gasteiger partial charge in [-0.25, -0.2) is 4.79 Å². The molecule has 0 aliphatic rings. The van der Waals surface area contributed by atoms with Crippen molar-refractivity contribution < 1.29 is 29.0 Å². The highest BCUT2D eigenvalue weighted by Crippen LogP contribution is 2.25. The van der Waals surface area contributed by atoms with E-state index in [4.69, 9.17) is 27.9 Å². The van der Waals surface area contributed by atoms with Crippen LogP contribution in [0, 0.1) is 0 Å². The van der Waals surface area contributed by atoms with Crippen molar-refractivity contribution in [1.82, 2.24) is 5.32 Å². The number of nitrogens with one attached hydrogen (secondary N) is 3. The molecule has 0 saturated carbocycles. The fourth-order valence-electron chi connectivity index (χ4n) is 3.47. The van der Waals surface area contributed by atoms with Gasteiger partial charge in [0.25, 0.3) is 11.8 Å². The molecule has 0 heterocycles. The van der Waals surface area contributed by atoms with Crippen LogP contribution in [-0.2, 0) is 20.7 Å². The standard InChI is InChI=1S/C27H25Cl2N3O6/c1-38-13-12-23(33)30-19-5-2-4-17(15-19)25(34)32-22(27(36)37)14-16-8-10-18(11-9-16)31-26(35)24-20(28)6-3-7-21(24)29/h2-11,15,22H,12-14H2,1H3,(H,30,33)(H,31,35)(H,32,34)(H,36,37)/t22-/m0/s1. The maximum Gasteiger partial charge on any atom is 0.326 e. The predicted molar refractivity (Wildman–Crippen MR) is 145 cm³/mol. The number of hydrogen-bond donors (Lipinski definition) is 4. The molecule has 9 nitrogen and oxygen atoms in total. The second-order valence-electron chi connectivity index (χ2n) is 8.19. The molecule has 3 amide bonds. The summed E-state index contributed by atoms with van der Waals surface area (Å²) in [6.45, 7) is 0.259. The van der Waals surface area contributed by atoms with Gasteiger partial charge >= 0.3 is 5.97 Å². The van der Waals surface area contributed by atoms with Gasteiger partial charge in [-0.1, -0.05) is 47.5 Å². The van der Waals surface area contributed by atoms with Gasteiger partial charge in [0.2, 0.25) is 5.91 Å². The van der Waals surface area contributed by atoms with Crippen molar-refractivity contribution >= 4 is 58.3 Å². The van der Waals surface area contributed by atoms with Crippen molar-refractivity contribution in [3.8, 4) is 0 Å². The topological polar surface area (TPSA) is 134 Å². The first kappa shape index (κ1) is 28.6. The average Bonchev–Trinajstić information content (AvgIpc) is 2.88. The second kappa shape index (κ2) is 13.6. The van der Waals surface area contributed by atoms with E-state index in [2.05, 4.69) is 16.0 Å². The molecule has 11 heteroatoms. The number of carbonyl (C=O) groups is 4. The lowest BCUT2D eigenvalue weighted by Gasteiger charge is -2.16. The van der Waals surface area contributed by atoms with E-state index in [9.17, 15) is 24.3 Å². The Labute approximate surface area is 229 Å². The molecular formula is C27H25Cl2N3O6. The number of halogens is 2. The molecule has 0 aliphatic heterocycles. The monoisotopic (exact) mass is 557 g/mol. The van der Waals surface area contributed by atoms with E-state index in [1.165, 1.54) is 19.2 Å². The summed E-state index contributed by atoms with van der Waals surface area (Å²) in [6.07, 6.45) is 0.156. The van der Waals surface area contributed by atoms with E-state index in [0.717, 1.165) is 0 Å². The van der Waals surface area contributed by atoms with Crippen LogP contribution in [0.2, 0.25) is 10.0 Å². The first-order valence-electron chi connectivity index (χ1n) is 11.4. The average molecular weight is 558 g/mol. The van der Waals surface area contributed by atoms with Crippen molar-refractivity contribution in [1.29, 1.82) is 0 Å². The summed E-state index contributed by atoms with van der Waals surface area (Å²) in [4.78, 5) is 49.1. The zero-order chi connectivity index (χ0) is 27.7. The number of benzene rings is 3. The summed E-state index contributed by atoms with van der Waals surface area (Å²) in [5.74, 6) is -2.58. The Kier molecular flexibility index (Phi) is 10.2. The number of aliphatic carboxylic acids is 1. The predicted octanol–water partition coefficient (Wildman–Crippen LogP) is 4.65. The number of hydrogen-bond acceptors (Lipinski definition) is 5. The van der Waals surface area contributed by atoms with Gasteiger partial charge < -0.3 is 25.8 Å². The number of methoxy groups -OCH3 is 1. The van der Waals surface area contributed by atoms with E-state index >= 15 is 0 Å². The van der Waals surface area contributed by atoms with Gasteiger partial charge in [0, 0.05) is 30.5 Å².